The Labute approximate surface area is 177 Å². The number of benzene rings is 1. The van der Waals surface area contributed by atoms with Crippen LogP contribution < -0.4 is 10.6 Å². The summed E-state index contributed by atoms with van der Waals surface area (Å²) in [7, 11) is 0. The van der Waals surface area contributed by atoms with Crippen molar-refractivity contribution in [1.82, 2.24) is 10.2 Å². The number of likely N-dealkylation sites (tertiary alicyclic amines) is 1. The molecule has 1 aromatic carbocycles. The molecule has 0 atom stereocenters. The van der Waals surface area contributed by atoms with Gasteiger partial charge in [0.2, 0.25) is 0 Å². The van der Waals surface area contributed by atoms with Crippen LogP contribution in [0.3, 0.4) is 0 Å². The normalized spacial score (nSPS) is 15.5. The molecule has 2 N–H and O–H groups in total. The molecular weight excluding hydrogens is 420 g/mol. The van der Waals surface area contributed by atoms with Crippen LogP contribution in [-0.4, -0.2) is 48.8 Å². The van der Waals surface area contributed by atoms with E-state index in [9.17, 15) is 18.4 Å². The fraction of sp³-hybridized carbons (Fsp3) is 0.400. The van der Waals surface area contributed by atoms with Crippen molar-refractivity contribution < 1.29 is 18.4 Å². The van der Waals surface area contributed by atoms with Crippen LogP contribution in [0.15, 0.2) is 30.3 Å². The molecule has 5 nitrogen and oxygen atoms in total. The third-order valence-electron chi connectivity index (χ3n) is 4.80. The highest BCUT2D eigenvalue weighted by atomic mass is 35.5. The van der Waals surface area contributed by atoms with Crippen LogP contribution in [0.4, 0.5) is 13.8 Å². The molecule has 156 valence electrons. The zero-order valence-corrected chi connectivity index (χ0v) is 17.5. The Morgan fingerprint density at radius 3 is 2.59 bits per heavy atom. The molecule has 0 radical (unpaired) electrons. The molecule has 1 saturated heterocycles. The maximum Gasteiger partial charge on any atom is 0.261 e. The van der Waals surface area contributed by atoms with Crippen LogP contribution >= 0.6 is 22.9 Å². The Kier molecular flexibility index (Phi) is 7.21. The number of hydrogen-bond donors (Lipinski definition) is 2. The van der Waals surface area contributed by atoms with E-state index < -0.39 is 6.43 Å². The molecule has 29 heavy (non-hydrogen) atoms. The van der Waals surface area contributed by atoms with Gasteiger partial charge in [-0.05, 0) is 43.5 Å². The Balaban J connectivity index is 1.58. The highest BCUT2D eigenvalue weighted by molar-refractivity contribution is 7.18. The Morgan fingerprint density at radius 1 is 1.24 bits per heavy atom. The lowest BCUT2D eigenvalue weighted by molar-refractivity contribution is 0.0697. The van der Waals surface area contributed by atoms with E-state index in [1.165, 1.54) is 11.3 Å². The highest BCUT2D eigenvalue weighted by Crippen LogP contribution is 2.28. The second-order valence-electron chi connectivity index (χ2n) is 7.00. The Hall–Kier alpha value is -2.03. The van der Waals surface area contributed by atoms with E-state index in [0.717, 1.165) is 5.56 Å². The maximum atomic E-state index is 12.6. The van der Waals surface area contributed by atoms with Gasteiger partial charge in [0, 0.05) is 19.1 Å². The molecule has 0 bridgehead atoms. The van der Waals surface area contributed by atoms with Crippen molar-refractivity contribution >= 4 is 39.8 Å². The van der Waals surface area contributed by atoms with E-state index in [2.05, 4.69) is 10.6 Å². The summed E-state index contributed by atoms with van der Waals surface area (Å²) in [5, 5.41) is 6.68. The quantitative estimate of drug-likeness (QED) is 0.697. The molecule has 1 fully saturated rings. The third kappa shape index (κ3) is 5.74. The van der Waals surface area contributed by atoms with Crippen LogP contribution in [0.5, 0.6) is 0 Å². The van der Waals surface area contributed by atoms with Gasteiger partial charge in [0.25, 0.3) is 18.2 Å². The first-order valence-electron chi connectivity index (χ1n) is 9.31. The molecule has 0 saturated carbocycles. The number of piperidine rings is 1. The zero-order chi connectivity index (χ0) is 21.0. The lowest BCUT2D eigenvalue weighted by atomic mass is 10.0. The summed E-state index contributed by atoms with van der Waals surface area (Å²) in [4.78, 5) is 27.3. The standard InChI is InChI=1S/C20H22ClF2N3O2S/c1-12-10-17(25-19(27)14-4-2-3-5-15(14)21)29-18(12)20(28)24-13-6-8-26(9-7-13)11-16(22)23/h2-5,10,13,16H,6-9,11H2,1H3,(H,24,28)(H,25,27). The first kappa shape index (κ1) is 21.7. The van der Waals surface area contributed by atoms with Crippen molar-refractivity contribution in [1.29, 1.82) is 0 Å². The lowest BCUT2D eigenvalue weighted by Gasteiger charge is -2.31. The molecule has 3 rings (SSSR count). The van der Waals surface area contributed by atoms with Gasteiger partial charge in [-0.15, -0.1) is 11.3 Å². The van der Waals surface area contributed by atoms with Gasteiger partial charge >= 0.3 is 0 Å². The number of carbonyl (C=O) groups excluding carboxylic acids is 2. The predicted molar refractivity (Wildman–Crippen MR) is 111 cm³/mol. The van der Waals surface area contributed by atoms with E-state index >= 15 is 0 Å². The van der Waals surface area contributed by atoms with Crippen LogP contribution in [0.25, 0.3) is 0 Å². The average molecular weight is 442 g/mol. The summed E-state index contributed by atoms with van der Waals surface area (Å²) < 4.78 is 24.9. The summed E-state index contributed by atoms with van der Waals surface area (Å²) in [6, 6.07) is 8.45. The van der Waals surface area contributed by atoms with Gasteiger partial charge in [-0.3, -0.25) is 14.5 Å². The van der Waals surface area contributed by atoms with Gasteiger partial charge in [0.1, 0.15) is 0 Å². The van der Waals surface area contributed by atoms with Crippen LogP contribution in [-0.2, 0) is 0 Å². The average Bonchev–Trinajstić information content (AvgIpc) is 3.03. The maximum absolute atomic E-state index is 12.6. The molecular formula is C20H22ClF2N3O2S. The summed E-state index contributed by atoms with van der Waals surface area (Å²) >= 11 is 7.25. The molecule has 2 aromatic rings. The minimum atomic E-state index is -2.34. The minimum absolute atomic E-state index is 0.0425. The summed E-state index contributed by atoms with van der Waals surface area (Å²) in [6.45, 7) is 2.66. The number of rotatable bonds is 6. The van der Waals surface area contributed by atoms with Gasteiger partial charge in [0.15, 0.2) is 0 Å². The molecule has 2 amide bonds. The number of amides is 2. The molecule has 1 aliphatic heterocycles. The van der Waals surface area contributed by atoms with E-state index in [1.807, 2.05) is 6.92 Å². The van der Waals surface area contributed by atoms with Crippen molar-refractivity contribution in [3.05, 3.63) is 51.4 Å². The number of alkyl halides is 2. The van der Waals surface area contributed by atoms with Gasteiger partial charge in [-0.1, -0.05) is 23.7 Å². The summed E-state index contributed by atoms with van der Waals surface area (Å²) in [6.07, 6.45) is -1.06. The molecule has 0 unspecified atom stereocenters. The number of aryl methyl sites for hydroxylation is 1. The van der Waals surface area contributed by atoms with Crippen molar-refractivity contribution in [3.63, 3.8) is 0 Å². The van der Waals surface area contributed by atoms with E-state index in [-0.39, 0.29) is 24.4 Å². The molecule has 9 heteroatoms. The van der Waals surface area contributed by atoms with Crippen molar-refractivity contribution in [2.24, 2.45) is 0 Å². The second kappa shape index (κ2) is 9.65. The minimum Gasteiger partial charge on any atom is -0.349 e. The second-order valence-corrected chi connectivity index (χ2v) is 8.46. The predicted octanol–water partition coefficient (Wildman–Crippen LogP) is 4.42. The Morgan fingerprint density at radius 2 is 1.93 bits per heavy atom. The van der Waals surface area contributed by atoms with Gasteiger partial charge < -0.3 is 10.6 Å². The molecule has 0 spiro atoms. The van der Waals surface area contributed by atoms with E-state index in [4.69, 9.17) is 11.6 Å². The van der Waals surface area contributed by atoms with Crippen LogP contribution in [0.2, 0.25) is 5.02 Å². The SMILES string of the molecule is Cc1cc(NC(=O)c2ccccc2Cl)sc1C(=O)NC1CCN(CC(F)F)CC1. The number of halogens is 3. The summed E-state index contributed by atoms with van der Waals surface area (Å²) in [5.41, 5.74) is 1.12. The monoisotopic (exact) mass is 441 g/mol. The number of thiophene rings is 1. The first-order valence-corrected chi connectivity index (χ1v) is 10.5. The van der Waals surface area contributed by atoms with Crippen molar-refractivity contribution in [2.75, 3.05) is 25.0 Å². The lowest BCUT2D eigenvalue weighted by Crippen LogP contribution is -2.45. The topological polar surface area (TPSA) is 61.4 Å². The van der Waals surface area contributed by atoms with Crippen molar-refractivity contribution in [2.45, 2.75) is 32.2 Å². The van der Waals surface area contributed by atoms with E-state index in [1.54, 1.807) is 35.2 Å². The largest absolute Gasteiger partial charge is 0.349 e. The number of anilines is 1. The fourth-order valence-corrected chi connectivity index (χ4v) is 4.49. The Bertz CT molecular complexity index is 882. The van der Waals surface area contributed by atoms with Gasteiger partial charge in [0.05, 0.1) is 27.0 Å². The number of carbonyl (C=O) groups is 2. The zero-order valence-electron chi connectivity index (χ0n) is 15.9. The fourth-order valence-electron chi connectivity index (χ4n) is 3.30. The smallest absolute Gasteiger partial charge is 0.261 e. The van der Waals surface area contributed by atoms with E-state index in [0.29, 0.717) is 46.4 Å². The first-order chi connectivity index (χ1) is 13.8. The number of nitrogens with one attached hydrogen (secondary N) is 2. The van der Waals surface area contributed by atoms with Crippen LogP contribution in [0.1, 0.15) is 38.4 Å². The molecule has 1 aromatic heterocycles. The van der Waals surface area contributed by atoms with Crippen molar-refractivity contribution in [3.8, 4) is 0 Å². The molecule has 1 aliphatic rings. The molecule has 2 heterocycles. The molecule has 0 aliphatic carbocycles. The highest BCUT2D eigenvalue weighted by Gasteiger charge is 2.24. The number of hydrogen-bond acceptors (Lipinski definition) is 4. The summed E-state index contributed by atoms with van der Waals surface area (Å²) in [5.74, 6) is -0.548. The van der Waals surface area contributed by atoms with Crippen LogP contribution in [0, 0.1) is 6.92 Å². The number of nitrogens with zero attached hydrogens (tertiary/aromatic N) is 1. The third-order valence-corrected chi connectivity index (χ3v) is 6.28. The van der Waals surface area contributed by atoms with Gasteiger partial charge in [-0.2, -0.15) is 0 Å². The van der Waals surface area contributed by atoms with Gasteiger partial charge in [-0.25, -0.2) is 8.78 Å².